The molecule has 3 heterocycles. The van der Waals surface area contributed by atoms with Gasteiger partial charge in [0.25, 0.3) is 0 Å². The zero-order valence-electron chi connectivity index (χ0n) is 16.6. The smallest absolute Gasteiger partial charge is 0.316 e. The van der Waals surface area contributed by atoms with Crippen LogP contribution >= 0.6 is 0 Å². The lowest BCUT2D eigenvalue weighted by molar-refractivity contribution is 0.228. The second kappa shape index (κ2) is 9.15. The number of pyridine rings is 1. The van der Waals surface area contributed by atoms with Crippen molar-refractivity contribution in [2.24, 2.45) is 5.92 Å². The standard InChI is InChI=1S/C22H29N5O/c1-27-12-8-18(9-13-27)21(17-5-4-6-17)24-11-14-28-22-25-15-19(16-26-22)20-7-2-3-10-23-20/h2-3,7,10,15-16,18,24H,4-6,8-9,11-14H2,1H3. The predicted octanol–water partition coefficient (Wildman–Crippen LogP) is 3.29. The fourth-order valence-corrected chi connectivity index (χ4v) is 3.86. The Morgan fingerprint density at radius 1 is 1.14 bits per heavy atom. The number of rotatable bonds is 7. The highest BCUT2D eigenvalue weighted by Gasteiger charge is 2.25. The Labute approximate surface area is 167 Å². The van der Waals surface area contributed by atoms with Crippen LogP contribution in [-0.2, 0) is 0 Å². The lowest BCUT2D eigenvalue weighted by Crippen LogP contribution is -2.36. The molecular formula is C22H29N5O. The van der Waals surface area contributed by atoms with E-state index in [-0.39, 0.29) is 0 Å². The highest BCUT2D eigenvalue weighted by molar-refractivity contribution is 5.56. The summed E-state index contributed by atoms with van der Waals surface area (Å²) in [6, 6.07) is 6.21. The number of hydrogen-bond acceptors (Lipinski definition) is 6. The average molecular weight is 380 g/mol. The maximum atomic E-state index is 5.75. The Morgan fingerprint density at radius 2 is 1.93 bits per heavy atom. The van der Waals surface area contributed by atoms with Crippen LogP contribution in [0.25, 0.3) is 11.3 Å². The summed E-state index contributed by atoms with van der Waals surface area (Å²) in [7, 11) is 2.22. The van der Waals surface area contributed by atoms with E-state index in [1.165, 1.54) is 50.9 Å². The summed E-state index contributed by atoms with van der Waals surface area (Å²) in [6.07, 6.45) is 11.6. The van der Waals surface area contributed by atoms with Gasteiger partial charge in [0.2, 0.25) is 0 Å². The van der Waals surface area contributed by atoms with E-state index in [4.69, 9.17) is 4.74 Å². The van der Waals surface area contributed by atoms with Crippen LogP contribution in [0.15, 0.2) is 48.1 Å². The predicted molar refractivity (Wildman–Crippen MR) is 110 cm³/mol. The first-order valence-corrected chi connectivity index (χ1v) is 10.3. The topological polar surface area (TPSA) is 63.2 Å². The van der Waals surface area contributed by atoms with Crippen molar-refractivity contribution < 1.29 is 4.74 Å². The van der Waals surface area contributed by atoms with Crippen LogP contribution in [0.1, 0.15) is 32.1 Å². The SMILES string of the molecule is CN1CCC(C(NCCOc2ncc(-c3ccccn3)cn2)=C2CCC2)CC1. The molecule has 0 unspecified atom stereocenters. The molecule has 0 bridgehead atoms. The van der Waals surface area contributed by atoms with E-state index in [1.807, 2.05) is 18.2 Å². The molecule has 4 rings (SSSR count). The number of piperidine rings is 1. The van der Waals surface area contributed by atoms with Crippen LogP contribution in [0.3, 0.4) is 0 Å². The van der Waals surface area contributed by atoms with Gasteiger partial charge in [-0.1, -0.05) is 11.6 Å². The van der Waals surface area contributed by atoms with Gasteiger partial charge in [0.1, 0.15) is 6.61 Å². The van der Waals surface area contributed by atoms with E-state index in [1.54, 1.807) is 24.2 Å². The maximum Gasteiger partial charge on any atom is 0.316 e. The molecule has 0 aromatic carbocycles. The first-order chi connectivity index (χ1) is 13.8. The first kappa shape index (κ1) is 18.9. The number of aromatic nitrogens is 3. The molecule has 6 nitrogen and oxygen atoms in total. The fraction of sp³-hybridized carbons (Fsp3) is 0.500. The summed E-state index contributed by atoms with van der Waals surface area (Å²) >= 11 is 0. The molecule has 2 aromatic heterocycles. The van der Waals surface area contributed by atoms with Gasteiger partial charge in [-0.05, 0) is 64.4 Å². The molecule has 148 valence electrons. The number of likely N-dealkylation sites (tertiary alicyclic amines) is 1. The van der Waals surface area contributed by atoms with Crippen LogP contribution in [0.5, 0.6) is 6.01 Å². The molecule has 1 saturated carbocycles. The molecule has 28 heavy (non-hydrogen) atoms. The molecule has 1 aliphatic heterocycles. The number of allylic oxidation sites excluding steroid dienone is 2. The highest BCUT2D eigenvalue weighted by Crippen LogP contribution is 2.34. The molecule has 2 aromatic rings. The summed E-state index contributed by atoms with van der Waals surface area (Å²) in [5, 5.41) is 3.68. The monoisotopic (exact) mass is 379 g/mol. The summed E-state index contributed by atoms with van der Waals surface area (Å²) in [4.78, 5) is 15.4. The molecule has 1 saturated heterocycles. The van der Waals surface area contributed by atoms with Crippen molar-refractivity contribution in [3.63, 3.8) is 0 Å². The average Bonchev–Trinajstić information content (AvgIpc) is 2.71. The summed E-state index contributed by atoms with van der Waals surface area (Å²) in [5.74, 6) is 0.681. The van der Waals surface area contributed by atoms with E-state index in [0.29, 0.717) is 18.5 Å². The zero-order valence-corrected chi connectivity index (χ0v) is 16.6. The largest absolute Gasteiger partial charge is 0.462 e. The van der Waals surface area contributed by atoms with E-state index < -0.39 is 0 Å². The van der Waals surface area contributed by atoms with Crippen molar-refractivity contribution in [2.75, 3.05) is 33.3 Å². The van der Waals surface area contributed by atoms with Crippen molar-refractivity contribution in [1.82, 2.24) is 25.2 Å². The molecular weight excluding hydrogens is 350 g/mol. The molecule has 1 aliphatic carbocycles. The Hall–Kier alpha value is -2.47. The van der Waals surface area contributed by atoms with E-state index in [0.717, 1.165) is 17.8 Å². The number of nitrogens with zero attached hydrogens (tertiary/aromatic N) is 4. The van der Waals surface area contributed by atoms with Gasteiger partial charge in [0.05, 0.1) is 5.69 Å². The van der Waals surface area contributed by atoms with E-state index in [2.05, 4.69) is 32.2 Å². The Kier molecular flexibility index (Phi) is 6.17. The number of hydrogen-bond donors (Lipinski definition) is 1. The molecule has 0 amide bonds. The third kappa shape index (κ3) is 4.68. The van der Waals surface area contributed by atoms with E-state index >= 15 is 0 Å². The van der Waals surface area contributed by atoms with Crippen molar-refractivity contribution >= 4 is 0 Å². The van der Waals surface area contributed by atoms with Gasteiger partial charge in [-0.15, -0.1) is 0 Å². The summed E-state index contributed by atoms with van der Waals surface area (Å²) < 4.78 is 5.75. The van der Waals surface area contributed by atoms with Gasteiger partial charge in [0.15, 0.2) is 0 Å². The Morgan fingerprint density at radius 3 is 2.57 bits per heavy atom. The minimum Gasteiger partial charge on any atom is -0.462 e. The van der Waals surface area contributed by atoms with Crippen LogP contribution in [0.2, 0.25) is 0 Å². The molecule has 0 spiro atoms. The molecule has 1 N–H and O–H groups in total. The normalized spacial score (nSPS) is 17.8. The number of nitrogens with one attached hydrogen (secondary N) is 1. The van der Waals surface area contributed by atoms with Gasteiger partial charge >= 0.3 is 6.01 Å². The van der Waals surface area contributed by atoms with Crippen LogP contribution in [-0.4, -0.2) is 53.1 Å². The quantitative estimate of drug-likeness (QED) is 0.745. The summed E-state index contributed by atoms with van der Waals surface area (Å²) in [5.41, 5.74) is 4.89. The van der Waals surface area contributed by atoms with Crippen LogP contribution < -0.4 is 10.1 Å². The Balaban J connectivity index is 1.27. The van der Waals surface area contributed by atoms with Gasteiger partial charge in [0, 0.05) is 42.3 Å². The second-order valence-electron chi connectivity index (χ2n) is 7.69. The summed E-state index contributed by atoms with van der Waals surface area (Å²) in [6.45, 7) is 3.73. The van der Waals surface area contributed by atoms with Gasteiger partial charge in [-0.3, -0.25) is 4.98 Å². The van der Waals surface area contributed by atoms with Crippen molar-refractivity contribution in [1.29, 1.82) is 0 Å². The zero-order chi connectivity index (χ0) is 19.2. The van der Waals surface area contributed by atoms with Gasteiger partial charge < -0.3 is 15.0 Å². The minimum absolute atomic E-state index is 0.415. The third-order valence-corrected chi connectivity index (χ3v) is 5.70. The molecule has 0 atom stereocenters. The number of ether oxygens (including phenoxy) is 1. The van der Waals surface area contributed by atoms with Crippen molar-refractivity contribution in [2.45, 2.75) is 32.1 Å². The Bertz CT molecular complexity index is 776. The highest BCUT2D eigenvalue weighted by atomic mass is 16.5. The minimum atomic E-state index is 0.415. The second-order valence-corrected chi connectivity index (χ2v) is 7.69. The third-order valence-electron chi connectivity index (χ3n) is 5.70. The van der Waals surface area contributed by atoms with Crippen LogP contribution in [0.4, 0.5) is 0 Å². The molecule has 0 radical (unpaired) electrons. The van der Waals surface area contributed by atoms with Crippen molar-refractivity contribution in [3.8, 4) is 17.3 Å². The molecule has 6 heteroatoms. The lowest BCUT2D eigenvalue weighted by atomic mass is 9.83. The van der Waals surface area contributed by atoms with Gasteiger partial charge in [-0.2, -0.15) is 0 Å². The fourth-order valence-electron chi connectivity index (χ4n) is 3.86. The van der Waals surface area contributed by atoms with Gasteiger partial charge in [-0.25, -0.2) is 9.97 Å². The van der Waals surface area contributed by atoms with Crippen LogP contribution in [0, 0.1) is 5.92 Å². The van der Waals surface area contributed by atoms with Crippen molar-refractivity contribution in [3.05, 3.63) is 48.1 Å². The molecule has 2 fully saturated rings. The van der Waals surface area contributed by atoms with E-state index in [9.17, 15) is 0 Å². The molecule has 2 aliphatic rings. The first-order valence-electron chi connectivity index (χ1n) is 10.3. The maximum absolute atomic E-state index is 5.75. The lowest BCUT2D eigenvalue weighted by Gasteiger charge is -2.34.